The van der Waals surface area contributed by atoms with Gasteiger partial charge in [-0.3, -0.25) is 0 Å². The van der Waals surface area contributed by atoms with Crippen LogP contribution in [-0.2, 0) is 6.54 Å². The standard InChI is InChI=1S/C15H21FN2O/c1-2-7-18-12-13-9-14(16)11-15(10-13)19-8-5-3-4-6-17/h9-11,18H,2-5,7-8,12H2,1H3. The zero-order valence-electron chi connectivity index (χ0n) is 11.4. The van der Waals surface area contributed by atoms with Gasteiger partial charge < -0.3 is 10.1 Å². The van der Waals surface area contributed by atoms with E-state index in [0.29, 0.717) is 25.3 Å². The molecule has 0 aliphatic carbocycles. The summed E-state index contributed by atoms with van der Waals surface area (Å²) in [7, 11) is 0. The van der Waals surface area contributed by atoms with Crippen molar-refractivity contribution in [3.8, 4) is 11.8 Å². The maximum Gasteiger partial charge on any atom is 0.127 e. The van der Waals surface area contributed by atoms with Crippen molar-refractivity contribution in [1.29, 1.82) is 5.26 Å². The van der Waals surface area contributed by atoms with Crippen LogP contribution in [0.4, 0.5) is 4.39 Å². The molecule has 1 rings (SSSR count). The molecule has 0 amide bonds. The summed E-state index contributed by atoms with van der Waals surface area (Å²) in [6, 6.07) is 6.86. The fourth-order valence-electron chi connectivity index (χ4n) is 1.71. The average molecular weight is 264 g/mol. The van der Waals surface area contributed by atoms with Crippen LogP contribution in [0, 0.1) is 17.1 Å². The Bertz CT molecular complexity index is 415. The first-order valence-corrected chi connectivity index (χ1v) is 6.76. The zero-order valence-corrected chi connectivity index (χ0v) is 11.4. The summed E-state index contributed by atoms with van der Waals surface area (Å²) in [5, 5.41) is 11.6. The van der Waals surface area contributed by atoms with E-state index in [1.807, 2.05) is 6.07 Å². The van der Waals surface area contributed by atoms with Gasteiger partial charge in [-0.25, -0.2) is 4.39 Å². The van der Waals surface area contributed by atoms with E-state index in [4.69, 9.17) is 10.00 Å². The minimum atomic E-state index is -0.275. The first-order valence-electron chi connectivity index (χ1n) is 6.76. The smallest absolute Gasteiger partial charge is 0.127 e. The van der Waals surface area contributed by atoms with Gasteiger partial charge in [0, 0.05) is 19.0 Å². The van der Waals surface area contributed by atoms with Gasteiger partial charge in [0.15, 0.2) is 0 Å². The fraction of sp³-hybridized carbons (Fsp3) is 0.533. The summed E-state index contributed by atoms with van der Waals surface area (Å²) in [5.74, 6) is 0.285. The number of unbranched alkanes of at least 4 members (excludes halogenated alkanes) is 2. The highest BCUT2D eigenvalue weighted by Crippen LogP contribution is 2.17. The largest absolute Gasteiger partial charge is 0.493 e. The number of rotatable bonds is 9. The molecule has 104 valence electrons. The first kappa shape index (κ1) is 15.5. The van der Waals surface area contributed by atoms with E-state index in [2.05, 4.69) is 18.3 Å². The van der Waals surface area contributed by atoms with Crippen molar-refractivity contribution in [3.63, 3.8) is 0 Å². The molecule has 0 saturated carbocycles. The lowest BCUT2D eigenvalue weighted by Crippen LogP contribution is -2.14. The molecule has 0 heterocycles. The maximum absolute atomic E-state index is 13.4. The molecular formula is C15H21FN2O. The van der Waals surface area contributed by atoms with Gasteiger partial charge >= 0.3 is 0 Å². The third-order valence-corrected chi connectivity index (χ3v) is 2.64. The van der Waals surface area contributed by atoms with Crippen molar-refractivity contribution >= 4 is 0 Å². The fourth-order valence-corrected chi connectivity index (χ4v) is 1.71. The normalized spacial score (nSPS) is 10.2. The third kappa shape index (κ3) is 6.78. The Labute approximate surface area is 114 Å². The summed E-state index contributed by atoms with van der Waals surface area (Å²) in [4.78, 5) is 0. The van der Waals surface area contributed by atoms with Crippen molar-refractivity contribution in [2.75, 3.05) is 13.2 Å². The molecule has 0 aliphatic rings. The van der Waals surface area contributed by atoms with Crippen LogP contribution in [0.25, 0.3) is 0 Å². The van der Waals surface area contributed by atoms with Crippen LogP contribution in [0.15, 0.2) is 18.2 Å². The summed E-state index contributed by atoms with van der Waals surface area (Å²) in [5.41, 5.74) is 0.889. The highest BCUT2D eigenvalue weighted by atomic mass is 19.1. The minimum absolute atomic E-state index is 0.275. The Morgan fingerprint density at radius 3 is 2.89 bits per heavy atom. The van der Waals surface area contributed by atoms with Gasteiger partial charge in [-0.1, -0.05) is 6.92 Å². The molecule has 4 heteroatoms. The van der Waals surface area contributed by atoms with Crippen LogP contribution in [0.1, 0.15) is 38.2 Å². The summed E-state index contributed by atoms with van der Waals surface area (Å²) in [6.07, 6.45) is 3.22. The average Bonchev–Trinajstić information content (AvgIpc) is 2.38. The predicted octanol–water partition coefficient (Wildman–Crippen LogP) is 3.40. The van der Waals surface area contributed by atoms with Gasteiger partial charge in [0.2, 0.25) is 0 Å². The molecule has 0 saturated heterocycles. The second kappa shape index (κ2) is 9.35. The molecular weight excluding hydrogens is 243 g/mol. The molecule has 19 heavy (non-hydrogen) atoms. The van der Waals surface area contributed by atoms with Gasteiger partial charge in [-0.15, -0.1) is 0 Å². The van der Waals surface area contributed by atoms with E-state index >= 15 is 0 Å². The monoisotopic (exact) mass is 264 g/mol. The van der Waals surface area contributed by atoms with Gasteiger partial charge in [-0.2, -0.15) is 5.26 Å². The summed E-state index contributed by atoms with van der Waals surface area (Å²) >= 11 is 0. The molecule has 0 atom stereocenters. The lowest BCUT2D eigenvalue weighted by atomic mass is 10.2. The second-order valence-electron chi connectivity index (χ2n) is 4.44. The van der Waals surface area contributed by atoms with Crippen LogP contribution < -0.4 is 10.1 Å². The molecule has 0 radical (unpaired) electrons. The lowest BCUT2D eigenvalue weighted by molar-refractivity contribution is 0.305. The van der Waals surface area contributed by atoms with Crippen LogP contribution >= 0.6 is 0 Å². The van der Waals surface area contributed by atoms with E-state index in [1.165, 1.54) is 12.1 Å². The van der Waals surface area contributed by atoms with Crippen LogP contribution in [0.3, 0.4) is 0 Å². The molecule has 1 N–H and O–H groups in total. The van der Waals surface area contributed by atoms with Gasteiger partial charge in [0.25, 0.3) is 0 Å². The molecule has 0 aromatic heterocycles. The van der Waals surface area contributed by atoms with E-state index in [1.54, 1.807) is 0 Å². The predicted molar refractivity (Wildman–Crippen MR) is 73.4 cm³/mol. The molecule has 1 aromatic carbocycles. The third-order valence-electron chi connectivity index (χ3n) is 2.64. The van der Waals surface area contributed by atoms with E-state index in [9.17, 15) is 4.39 Å². The van der Waals surface area contributed by atoms with E-state index in [0.717, 1.165) is 31.4 Å². The molecule has 0 fully saturated rings. The first-order chi connectivity index (χ1) is 9.26. The Kier molecular flexibility index (Phi) is 7.60. The van der Waals surface area contributed by atoms with Gasteiger partial charge in [0.05, 0.1) is 12.7 Å². The molecule has 3 nitrogen and oxygen atoms in total. The number of benzene rings is 1. The summed E-state index contributed by atoms with van der Waals surface area (Å²) in [6.45, 7) is 4.18. The van der Waals surface area contributed by atoms with Crippen molar-refractivity contribution in [3.05, 3.63) is 29.6 Å². The van der Waals surface area contributed by atoms with Crippen LogP contribution in [0.2, 0.25) is 0 Å². The number of nitrogens with one attached hydrogen (secondary N) is 1. The van der Waals surface area contributed by atoms with Crippen molar-refractivity contribution in [2.45, 2.75) is 39.2 Å². The molecule has 0 aliphatic heterocycles. The number of nitrogens with zero attached hydrogens (tertiary/aromatic N) is 1. The number of hydrogen-bond acceptors (Lipinski definition) is 3. The van der Waals surface area contributed by atoms with Crippen molar-refractivity contribution < 1.29 is 9.13 Å². The number of ether oxygens (including phenoxy) is 1. The topological polar surface area (TPSA) is 45.0 Å². The zero-order chi connectivity index (χ0) is 13.9. The SMILES string of the molecule is CCCNCc1cc(F)cc(OCCCCC#N)c1. The molecule has 0 bridgehead atoms. The Hall–Kier alpha value is -1.60. The quantitative estimate of drug-likeness (QED) is 0.695. The van der Waals surface area contributed by atoms with Crippen molar-refractivity contribution in [2.24, 2.45) is 0 Å². The molecule has 0 spiro atoms. The number of hydrogen-bond donors (Lipinski definition) is 1. The van der Waals surface area contributed by atoms with Crippen molar-refractivity contribution in [1.82, 2.24) is 5.32 Å². The van der Waals surface area contributed by atoms with Crippen LogP contribution in [0.5, 0.6) is 5.75 Å². The Balaban J connectivity index is 2.42. The Morgan fingerprint density at radius 2 is 2.16 bits per heavy atom. The number of halogens is 1. The highest BCUT2D eigenvalue weighted by Gasteiger charge is 2.02. The van der Waals surface area contributed by atoms with E-state index < -0.39 is 0 Å². The minimum Gasteiger partial charge on any atom is -0.493 e. The second-order valence-corrected chi connectivity index (χ2v) is 4.44. The highest BCUT2D eigenvalue weighted by molar-refractivity contribution is 5.29. The van der Waals surface area contributed by atoms with E-state index in [-0.39, 0.29) is 5.82 Å². The summed E-state index contributed by atoms with van der Waals surface area (Å²) < 4.78 is 18.9. The van der Waals surface area contributed by atoms with Crippen LogP contribution in [-0.4, -0.2) is 13.2 Å². The maximum atomic E-state index is 13.4. The Morgan fingerprint density at radius 1 is 1.32 bits per heavy atom. The van der Waals surface area contributed by atoms with Gasteiger partial charge in [0.1, 0.15) is 11.6 Å². The molecule has 1 aromatic rings. The number of nitriles is 1. The van der Waals surface area contributed by atoms with Gasteiger partial charge in [-0.05, 0) is 43.5 Å². The molecule has 0 unspecified atom stereocenters. The lowest BCUT2D eigenvalue weighted by Gasteiger charge is -2.09.